The number of carbonyl (C=O) groups is 1. The van der Waals surface area contributed by atoms with E-state index in [4.69, 9.17) is 11.6 Å². The summed E-state index contributed by atoms with van der Waals surface area (Å²) in [4.78, 5) is 13.0. The van der Waals surface area contributed by atoms with Crippen LogP contribution in [0.4, 0.5) is 18.9 Å². The molecule has 0 unspecified atom stereocenters. The van der Waals surface area contributed by atoms with Gasteiger partial charge in [-0.1, -0.05) is 11.6 Å². The Hall–Kier alpha value is -2.06. The lowest BCUT2D eigenvalue weighted by Gasteiger charge is -2.41. The summed E-state index contributed by atoms with van der Waals surface area (Å²) in [6, 6.07) is 2.91. The summed E-state index contributed by atoms with van der Waals surface area (Å²) < 4.78 is 40.1. The summed E-state index contributed by atoms with van der Waals surface area (Å²) in [6.07, 6.45) is -0.579. The molecule has 0 saturated heterocycles. The predicted molar refractivity (Wildman–Crippen MR) is 89.7 cm³/mol. The molecule has 0 radical (unpaired) electrons. The quantitative estimate of drug-likeness (QED) is 0.848. The lowest BCUT2D eigenvalue weighted by atomic mass is 9.75. The van der Waals surface area contributed by atoms with E-state index < -0.39 is 17.3 Å². The van der Waals surface area contributed by atoms with E-state index in [9.17, 15) is 18.0 Å². The summed E-state index contributed by atoms with van der Waals surface area (Å²) in [5.74, 6) is -0.303. The first-order valence-electron chi connectivity index (χ1n) is 8.26. The minimum absolute atomic E-state index is 0.144. The summed E-state index contributed by atoms with van der Waals surface area (Å²) in [5, 5.41) is 10.2. The molecule has 0 spiro atoms. The van der Waals surface area contributed by atoms with E-state index in [2.05, 4.69) is 15.7 Å². The number of alkyl halides is 3. The number of anilines is 1. The number of nitrogens with one attached hydrogen (secondary N) is 2. The zero-order valence-electron chi connectivity index (χ0n) is 13.7. The van der Waals surface area contributed by atoms with E-state index in [-0.39, 0.29) is 16.6 Å². The van der Waals surface area contributed by atoms with E-state index in [1.165, 1.54) is 6.07 Å². The molecule has 2 heterocycles. The van der Waals surface area contributed by atoms with Crippen LogP contribution in [0, 0.1) is 0 Å². The van der Waals surface area contributed by atoms with Crippen LogP contribution in [0.5, 0.6) is 0 Å². The highest BCUT2D eigenvalue weighted by Gasteiger charge is 2.48. The van der Waals surface area contributed by atoms with Crippen LogP contribution in [0.3, 0.4) is 0 Å². The highest BCUT2D eigenvalue weighted by Crippen LogP contribution is 2.42. The second-order valence-corrected chi connectivity index (χ2v) is 7.07. The van der Waals surface area contributed by atoms with Crippen molar-refractivity contribution in [1.29, 1.82) is 0 Å². The Kier molecular flexibility index (Phi) is 4.00. The van der Waals surface area contributed by atoms with E-state index in [0.717, 1.165) is 36.4 Å². The van der Waals surface area contributed by atoms with E-state index in [0.29, 0.717) is 19.4 Å². The maximum absolute atomic E-state index is 13.0. The molecule has 26 heavy (non-hydrogen) atoms. The summed E-state index contributed by atoms with van der Waals surface area (Å²) in [5.41, 5.74) is 0.550. The number of benzene rings is 1. The zero-order chi connectivity index (χ0) is 18.5. The SMILES string of the molecule is O=C(Nc1ccc(C(F)(F)F)cc1Cl)C1(n2ncc3c2CNC3)CCC1. The summed E-state index contributed by atoms with van der Waals surface area (Å²) in [7, 11) is 0. The highest BCUT2D eigenvalue weighted by molar-refractivity contribution is 6.33. The van der Waals surface area contributed by atoms with Gasteiger partial charge in [0.1, 0.15) is 5.54 Å². The van der Waals surface area contributed by atoms with Gasteiger partial charge in [-0.05, 0) is 37.5 Å². The van der Waals surface area contributed by atoms with Gasteiger partial charge in [0.05, 0.1) is 28.2 Å². The molecule has 1 aromatic heterocycles. The van der Waals surface area contributed by atoms with Crippen LogP contribution >= 0.6 is 11.6 Å². The van der Waals surface area contributed by atoms with Crippen molar-refractivity contribution in [2.45, 2.75) is 44.1 Å². The summed E-state index contributed by atoms with van der Waals surface area (Å²) >= 11 is 5.96. The number of amides is 1. The lowest BCUT2D eigenvalue weighted by molar-refractivity contribution is -0.137. The molecule has 2 aromatic rings. The molecule has 1 amide bonds. The number of halogens is 4. The van der Waals surface area contributed by atoms with E-state index >= 15 is 0 Å². The van der Waals surface area contributed by atoms with E-state index in [1.807, 2.05) is 0 Å². The fourth-order valence-electron chi connectivity index (χ4n) is 3.51. The zero-order valence-corrected chi connectivity index (χ0v) is 14.4. The number of hydrogen-bond acceptors (Lipinski definition) is 3. The first-order valence-corrected chi connectivity index (χ1v) is 8.64. The van der Waals surface area contributed by atoms with Gasteiger partial charge in [0.2, 0.25) is 0 Å². The Morgan fingerprint density at radius 2 is 2.08 bits per heavy atom. The molecule has 5 nitrogen and oxygen atoms in total. The maximum atomic E-state index is 13.0. The molecule has 1 fully saturated rings. The van der Waals surface area contributed by atoms with Gasteiger partial charge in [-0.25, -0.2) is 0 Å². The van der Waals surface area contributed by atoms with Crippen molar-refractivity contribution in [3.05, 3.63) is 46.2 Å². The smallest absolute Gasteiger partial charge is 0.323 e. The van der Waals surface area contributed by atoms with Gasteiger partial charge in [-0.15, -0.1) is 0 Å². The number of fused-ring (bicyclic) bond motifs is 1. The number of carbonyl (C=O) groups excluding carboxylic acids is 1. The molecule has 1 aromatic carbocycles. The van der Waals surface area contributed by atoms with Crippen LogP contribution in [-0.4, -0.2) is 15.7 Å². The van der Waals surface area contributed by atoms with Crippen molar-refractivity contribution in [2.75, 3.05) is 5.32 Å². The molecular weight excluding hydrogens is 369 g/mol. The van der Waals surface area contributed by atoms with Gasteiger partial charge in [0.15, 0.2) is 0 Å². The second-order valence-electron chi connectivity index (χ2n) is 6.66. The first-order chi connectivity index (χ1) is 12.3. The second kappa shape index (κ2) is 5.99. The first kappa shape index (κ1) is 17.4. The molecule has 1 aliphatic carbocycles. The Balaban J connectivity index is 1.61. The van der Waals surface area contributed by atoms with Crippen LogP contribution in [0.25, 0.3) is 0 Å². The third-order valence-electron chi connectivity index (χ3n) is 5.12. The Labute approximate surface area is 152 Å². The van der Waals surface area contributed by atoms with Crippen LogP contribution in [0.15, 0.2) is 24.4 Å². The van der Waals surface area contributed by atoms with Gasteiger partial charge >= 0.3 is 6.18 Å². The molecule has 4 rings (SSSR count). The lowest BCUT2D eigenvalue weighted by Crippen LogP contribution is -2.52. The van der Waals surface area contributed by atoms with Crippen molar-refractivity contribution in [2.24, 2.45) is 0 Å². The highest BCUT2D eigenvalue weighted by atomic mass is 35.5. The third-order valence-corrected chi connectivity index (χ3v) is 5.43. The van der Waals surface area contributed by atoms with Crippen molar-refractivity contribution >= 4 is 23.2 Å². The van der Waals surface area contributed by atoms with Crippen molar-refractivity contribution < 1.29 is 18.0 Å². The molecule has 0 bridgehead atoms. The average molecular weight is 385 g/mol. The fourth-order valence-corrected chi connectivity index (χ4v) is 3.73. The molecule has 2 aliphatic rings. The molecule has 9 heteroatoms. The number of hydrogen-bond donors (Lipinski definition) is 2. The van der Waals surface area contributed by atoms with Gasteiger partial charge in [0.25, 0.3) is 5.91 Å². The standard InChI is InChI=1S/C17H16ClF3N4O/c18-12-6-11(17(19,20)21)2-3-13(12)24-15(26)16(4-1-5-16)25-14-9-22-7-10(14)8-23-25/h2-3,6,8,22H,1,4-5,7,9H2,(H,24,26). The van der Waals surface area contributed by atoms with Crippen LogP contribution in [-0.2, 0) is 29.6 Å². The molecule has 1 saturated carbocycles. The predicted octanol–water partition coefficient (Wildman–Crippen LogP) is 3.68. The van der Waals surface area contributed by atoms with Crippen LogP contribution in [0.2, 0.25) is 5.02 Å². The Morgan fingerprint density at radius 3 is 2.69 bits per heavy atom. The molecular formula is C17H16ClF3N4O. The average Bonchev–Trinajstić information content (AvgIpc) is 3.12. The third kappa shape index (κ3) is 2.68. The summed E-state index contributed by atoms with van der Waals surface area (Å²) in [6.45, 7) is 1.36. The van der Waals surface area contributed by atoms with Gasteiger partial charge in [0, 0.05) is 18.7 Å². The van der Waals surface area contributed by atoms with Crippen LogP contribution in [0.1, 0.15) is 36.1 Å². The fraction of sp³-hybridized carbons (Fsp3) is 0.412. The molecule has 138 valence electrons. The number of aromatic nitrogens is 2. The Bertz CT molecular complexity index is 873. The largest absolute Gasteiger partial charge is 0.416 e. The van der Waals surface area contributed by atoms with Gasteiger partial charge < -0.3 is 10.6 Å². The van der Waals surface area contributed by atoms with Crippen molar-refractivity contribution in [3.8, 4) is 0 Å². The normalized spacial score (nSPS) is 18.3. The molecule has 0 atom stereocenters. The van der Waals surface area contributed by atoms with Gasteiger partial charge in [-0.3, -0.25) is 9.48 Å². The van der Waals surface area contributed by atoms with Crippen LogP contribution < -0.4 is 10.6 Å². The topological polar surface area (TPSA) is 59.0 Å². The number of nitrogens with zero attached hydrogens (tertiary/aromatic N) is 2. The number of rotatable bonds is 3. The Morgan fingerprint density at radius 1 is 1.31 bits per heavy atom. The van der Waals surface area contributed by atoms with Gasteiger partial charge in [-0.2, -0.15) is 18.3 Å². The molecule has 1 aliphatic heterocycles. The minimum atomic E-state index is -4.48. The maximum Gasteiger partial charge on any atom is 0.416 e. The molecule has 2 N–H and O–H groups in total. The minimum Gasteiger partial charge on any atom is -0.323 e. The van der Waals surface area contributed by atoms with E-state index in [1.54, 1.807) is 10.9 Å². The van der Waals surface area contributed by atoms with Crippen molar-refractivity contribution in [3.63, 3.8) is 0 Å². The van der Waals surface area contributed by atoms with Crippen molar-refractivity contribution in [1.82, 2.24) is 15.1 Å². The monoisotopic (exact) mass is 384 g/mol.